The molecule has 0 spiro atoms. The predicted molar refractivity (Wildman–Crippen MR) is 122 cm³/mol. The first-order chi connectivity index (χ1) is 14.3. The van der Waals surface area contributed by atoms with Gasteiger partial charge in [-0.3, -0.25) is 15.1 Å². The number of ether oxygens (including phenoxy) is 2. The minimum Gasteiger partial charge on any atom is -0.493 e. The van der Waals surface area contributed by atoms with Gasteiger partial charge in [0.25, 0.3) is 0 Å². The van der Waals surface area contributed by atoms with Crippen LogP contribution in [-0.2, 0) is 6.42 Å². The lowest BCUT2D eigenvalue weighted by Gasteiger charge is -2.17. The van der Waals surface area contributed by atoms with Crippen molar-refractivity contribution in [3.8, 4) is 22.1 Å². The van der Waals surface area contributed by atoms with Gasteiger partial charge in [0, 0.05) is 22.6 Å². The Kier molecular flexibility index (Phi) is 6.80. The van der Waals surface area contributed by atoms with E-state index >= 15 is 0 Å². The molecule has 0 amide bonds. The molecule has 0 aliphatic heterocycles. The summed E-state index contributed by atoms with van der Waals surface area (Å²) in [6.07, 6.45) is 0.278. The van der Waals surface area contributed by atoms with Crippen LogP contribution in [0.1, 0.15) is 5.56 Å². The second-order valence-electron chi connectivity index (χ2n) is 6.55. The molecule has 0 atom stereocenters. The fraction of sp³-hybridized carbons (Fsp3) is 0.250. The van der Waals surface area contributed by atoms with Gasteiger partial charge in [-0.15, -0.1) is 0 Å². The van der Waals surface area contributed by atoms with Crippen LogP contribution in [0.3, 0.4) is 0 Å². The lowest BCUT2D eigenvalue weighted by molar-refractivity contribution is 0.353. The van der Waals surface area contributed by atoms with Crippen LogP contribution in [0.5, 0.6) is 11.5 Å². The van der Waals surface area contributed by atoms with Crippen LogP contribution in [0, 0.1) is 10.8 Å². The molecular weight excluding hydrogens is 420 g/mol. The lowest BCUT2D eigenvalue weighted by atomic mass is 10.1. The zero-order valence-corrected chi connectivity index (χ0v) is 18.9. The van der Waals surface area contributed by atoms with Gasteiger partial charge in [-0.05, 0) is 55.9 Å². The van der Waals surface area contributed by atoms with Crippen LogP contribution in [0.15, 0.2) is 41.3 Å². The molecule has 0 fully saturated rings. The van der Waals surface area contributed by atoms with Crippen molar-refractivity contribution in [1.29, 1.82) is 10.8 Å². The van der Waals surface area contributed by atoms with E-state index in [0.29, 0.717) is 22.2 Å². The zero-order chi connectivity index (χ0) is 21.8. The number of methoxy groups -OCH3 is 2. The van der Waals surface area contributed by atoms with Gasteiger partial charge in [-0.25, -0.2) is 0 Å². The molecule has 0 radical (unpaired) electrons. The first kappa shape index (κ1) is 21.9. The maximum Gasteiger partial charge on any atom is 0.206 e. The third kappa shape index (κ3) is 4.66. The fourth-order valence-electron chi connectivity index (χ4n) is 2.85. The molecule has 2 aromatic carbocycles. The number of hydrogen-bond acceptors (Lipinski definition) is 9. The van der Waals surface area contributed by atoms with Crippen molar-refractivity contribution in [3.05, 3.63) is 46.8 Å². The van der Waals surface area contributed by atoms with Crippen LogP contribution >= 0.6 is 23.3 Å². The zero-order valence-electron chi connectivity index (χ0n) is 17.2. The van der Waals surface area contributed by atoms with Gasteiger partial charge in [-0.2, -0.15) is 9.78 Å². The fourth-order valence-corrected chi connectivity index (χ4v) is 4.49. The first-order valence-electron chi connectivity index (χ1n) is 9.01. The van der Waals surface area contributed by atoms with Crippen LogP contribution in [-0.4, -0.2) is 48.2 Å². The quantitative estimate of drug-likeness (QED) is 0.223. The minimum atomic E-state index is 0.167. The van der Waals surface area contributed by atoms with Crippen LogP contribution in [0.25, 0.3) is 10.6 Å². The molecule has 0 aliphatic carbocycles. The van der Waals surface area contributed by atoms with Gasteiger partial charge < -0.3 is 15.2 Å². The summed E-state index contributed by atoms with van der Waals surface area (Å²) in [5.41, 5.74) is 8.29. The highest BCUT2D eigenvalue weighted by molar-refractivity contribution is 7.97. The van der Waals surface area contributed by atoms with Crippen molar-refractivity contribution in [2.45, 2.75) is 11.3 Å². The lowest BCUT2D eigenvalue weighted by Crippen LogP contribution is -2.25. The molecule has 1 heterocycles. The number of para-hydroxylation sites is 1. The minimum absolute atomic E-state index is 0.167. The predicted octanol–water partition coefficient (Wildman–Crippen LogP) is 3.33. The number of hydrogen-bond donors (Lipinski definition) is 3. The van der Waals surface area contributed by atoms with Gasteiger partial charge in [0.2, 0.25) is 4.80 Å². The van der Waals surface area contributed by atoms with Gasteiger partial charge in [0.15, 0.2) is 11.5 Å². The molecule has 0 saturated heterocycles. The summed E-state index contributed by atoms with van der Waals surface area (Å²) in [4.78, 5) is 1.11. The number of nitrogen functional groups attached to an aromatic ring is 1. The maximum absolute atomic E-state index is 8.60. The van der Waals surface area contributed by atoms with Crippen molar-refractivity contribution in [3.63, 3.8) is 0 Å². The summed E-state index contributed by atoms with van der Waals surface area (Å²) in [7, 11) is 7.07. The Labute approximate surface area is 183 Å². The van der Waals surface area contributed by atoms with E-state index in [1.807, 2.05) is 48.7 Å². The van der Waals surface area contributed by atoms with Crippen molar-refractivity contribution < 1.29 is 9.47 Å². The molecule has 158 valence electrons. The highest BCUT2D eigenvalue weighted by Crippen LogP contribution is 2.36. The van der Waals surface area contributed by atoms with Gasteiger partial charge in [0.05, 0.1) is 14.2 Å². The van der Waals surface area contributed by atoms with Crippen molar-refractivity contribution >= 4 is 34.8 Å². The third-order valence-corrected chi connectivity index (χ3v) is 6.03. The molecule has 10 heteroatoms. The SMILES string of the molecule is COc1cc(CC(=N)n2nc(-c3ccccc3N)sc2=N)c(SN(C)C)cc1OC. The number of benzene rings is 2. The molecule has 4 N–H and O–H groups in total. The van der Waals surface area contributed by atoms with E-state index in [0.717, 1.165) is 16.0 Å². The number of nitrogens with zero attached hydrogens (tertiary/aromatic N) is 3. The average molecular weight is 445 g/mol. The van der Waals surface area contributed by atoms with Crippen LogP contribution < -0.4 is 20.0 Å². The van der Waals surface area contributed by atoms with Gasteiger partial charge in [-0.1, -0.05) is 23.5 Å². The number of nitrogens with one attached hydrogen (secondary N) is 2. The molecule has 0 saturated carbocycles. The van der Waals surface area contributed by atoms with E-state index in [1.165, 1.54) is 28.0 Å². The Morgan fingerprint density at radius 3 is 2.50 bits per heavy atom. The summed E-state index contributed by atoms with van der Waals surface area (Å²) in [5, 5.41) is 22.0. The summed E-state index contributed by atoms with van der Waals surface area (Å²) in [6, 6.07) is 11.2. The van der Waals surface area contributed by atoms with Gasteiger partial charge in [0.1, 0.15) is 10.8 Å². The van der Waals surface area contributed by atoms with Gasteiger partial charge >= 0.3 is 0 Å². The second kappa shape index (κ2) is 9.33. The molecule has 0 unspecified atom stereocenters. The third-order valence-electron chi connectivity index (χ3n) is 4.23. The topological polar surface area (TPSA) is 113 Å². The van der Waals surface area contributed by atoms with Crippen molar-refractivity contribution in [1.82, 2.24) is 14.1 Å². The van der Waals surface area contributed by atoms with Crippen molar-refractivity contribution in [2.24, 2.45) is 0 Å². The van der Waals surface area contributed by atoms with E-state index in [4.69, 9.17) is 26.0 Å². The number of anilines is 1. The molecule has 3 rings (SSSR count). The highest BCUT2D eigenvalue weighted by atomic mass is 32.2. The van der Waals surface area contributed by atoms with E-state index in [2.05, 4.69) is 5.10 Å². The largest absolute Gasteiger partial charge is 0.493 e. The normalized spacial score (nSPS) is 11.0. The molecular formula is C20H24N6O2S2. The number of aromatic nitrogens is 2. The maximum atomic E-state index is 8.60. The Hall–Kier alpha value is -2.82. The Balaban J connectivity index is 1.96. The van der Waals surface area contributed by atoms with Crippen LogP contribution in [0.4, 0.5) is 5.69 Å². The first-order valence-corrected chi connectivity index (χ1v) is 10.6. The molecule has 0 aliphatic rings. The van der Waals surface area contributed by atoms with Crippen LogP contribution in [0.2, 0.25) is 0 Å². The molecule has 0 bridgehead atoms. The molecule has 1 aromatic heterocycles. The smallest absolute Gasteiger partial charge is 0.206 e. The van der Waals surface area contributed by atoms with E-state index in [9.17, 15) is 0 Å². The average Bonchev–Trinajstić information content (AvgIpc) is 3.10. The summed E-state index contributed by atoms with van der Waals surface area (Å²) >= 11 is 2.72. The molecule has 8 nitrogen and oxygen atoms in total. The monoisotopic (exact) mass is 444 g/mol. The van der Waals surface area contributed by atoms with E-state index in [-0.39, 0.29) is 17.1 Å². The molecule has 30 heavy (non-hydrogen) atoms. The second-order valence-corrected chi connectivity index (χ2v) is 8.88. The summed E-state index contributed by atoms with van der Waals surface area (Å²) in [6.45, 7) is 0. The Morgan fingerprint density at radius 1 is 1.20 bits per heavy atom. The number of rotatable bonds is 7. The van der Waals surface area contributed by atoms with E-state index in [1.54, 1.807) is 20.3 Å². The molecule has 3 aromatic rings. The standard InChI is InChI=1S/C20H24N6O2S2/c1-25(2)30-17-11-16(28-4)15(27-3)9-12(17)10-18(22)26-20(23)29-19(24-26)13-7-5-6-8-14(13)21/h5-9,11,22-23H,10,21H2,1-4H3. The Morgan fingerprint density at radius 2 is 1.87 bits per heavy atom. The number of nitrogens with two attached hydrogens (primary N) is 1. The summed E-state index contributed by atoms with van der Waals surface area (Å²) < 4.78 is 14.2. The highest BCUT2D eigenvalue weighted by Gasteiger charge is 2.17. The van der Waals surface area contributed by atoms with E-state index < -0.39 is 0 Å². The van der Waals surface area contributed by atoms with Crippen molar-refractivity contribution in [2.75, 3.05) is 34.0 Å². The summed E-state index contributed by atoms with van der Waals surface area (Å²) in [5.74, 6) is 1.40. The Bertz CT molecular complexity index is 1120.